The van der Waals surface area contributed by atoms with Gasteiger partial charge in [-0.15, -0.1) is 0 Å². The summed E-state index contributed by atoms with van der Waals surface area (Å²) in [6.45, 7) is 3.73. The van der Waals surface area contributed by atoms with Crippen molar-refractivity contribution in [2.24, 2.45) is 0 Å². The van der Waals surface area contributed by atoms with Crippen LogP contribution in [0.5, 0.6) is 0 Å². The minimum absolute atomic E-state index is 0.224. The van der Waals surface area contributed by atoms with Crippen LogP contribution in [0.3, 0.4) is 0 Å². The molecule has 5 heteroatoms. The fourth-order valence-corrected chi connectivity index (χ4v) is 2.61. The van der Waals surface area contributed by atoms with Crippen molar-refractivity contribution >= 4 is 29.0 Å². The Bertz CT molecular complexity index is 810. The van der Waals surface area contributed by atoms with Gasteiger partial charge in [-0.2, -0.15) is 0 Å². The zero-order valence-electron chi connectivity index (χ0n) is 12.9. The van der Waals surface area contributed by atoms with Gasteiger partial charge in [-0.1, -0.05) is 29.8 Å². The van der Waals surface area contributed by atoms with E-state index in [4.69, 9.17) is 0 Å². The molecule has 0 fully saturated rings. The van der Waals surface area contributed by atoms with E-state index in [0.717, 1.165) is 11.1 Å². The summed E-state index contributed by atoms with van der Waals surface area (Å²) in [6, 6.07) is 12.8. The standard InChI is InChI=1S/C18H16N2O3/c1-11-3-5-13(6-4-11)10-20-16-8-7-14(19-12(2)21)9-15(16)17(22)18(20)23/h3-9H,10H2,1-2H3,(H,19,21). The van der Waals surface area contributed by atoms with Gasteiger partial charge in [-0.25, -0.2) is 0 Å². The van der Waals surface area contributed by atoms with Crippen molar-refractivity contribution in [3.05, 3.63) is 59.2 Å². The molecule has 2 aromatic carbocycles. The van der Waals surface area contributed by atoms with E-state index in [0.29, 0.717) is 23.5 Å². The molecule has 1 aliphatic heterocycles. The molecular weight excluding hydrogens is 292 g/mol. The smallest absolute Gasteiger partial charge is 0.299 e. The van der Waals surface area contributed by atoms with Crippen LogP contribution in [0.2, 0.25) is 0 Å². The highest BCUT2D eigenvalue weighted by molar-refractivity contribution is 6.52. The summed E-state index contributed by atoms with van der Waals surface area (Å²) in [6.07, 6.45) is 0. The maximum Gasteiger partial charge on any atom is 0.299 e. The van der Waals surface area contributed by atoms with E-state index in [-0.39, 0.29) is 5.91 Å². The lowest BCUT2D eigenvalue weighted by molar-refractivity contribution is -0.115. The average molecular weight is 308 g/mol. The van der Waals surface area contributed by atoms with Gasteiger partial charge in [0.1, 0.15) is 0 Å². The monoisotopic (exact) mass is 308 g/mol. The Morgan fingerprint density at radius 3 is 2.43 bits per heavy atom. The van der Waals surface area contributed by atoms with Crippen molar-refractivity contribution in [3.8, 4) is 0 Å². The Kier molecular flexibility index (Phi) is 3.70. The fraction of sp³-hybridized carbons (Fsp3) is 0.167. The van der Waals surface area contributed by atoms with Gasteiger partial charge in [0.2, 0.25) is 5.91 Å². The number of nitrogens with zero attached hydrogens (tertiary/aromatic N) is 1. The van der Waals surface area contributed by atoms with E-state index in [2.05, 4.69) is 5.32 Å². The molecule has 0 radical (unpaired) electrons. The van der Waals surface area contributed by atoms with Crippen molar-refractivity contribution in [2.45, 2.75) is 20.4 Å². The van der Waals surface area contributed by atoms with Crippen LogP contribution in [0.15, 0.2) is 42.5 Å². The van der Waals surface area contributed by atoms with Crippen molar-refractivity contribution < 1.29 is 14.4 Å². The Hall–Kier alpha value is -2.95. The maximum absolute atomic E-state index is 12.3. The lowest BCUT2D eigenvalue weighted by Crippen LogP contribution is -2.29. The number of anilines is 2. The predicted octanol–water partition coefficient (Wildman–Crippen LogP) is 2.68. The zero-order chi connectivity index (χ0) is 16.6. The molecule has 5 nitrogen and oxygen atoms in total. The number of fused-ring (bicyclic) bond motifs is 1. The highest BCUT2D eigenvalue weighted by Crippen LogP contribution is 2.32. The number of aryl methyl sites for hydroxylation is 1. The molecule has 3 rings (SSSR count). The number of benzene rings is 2. The molecule has 116 valence electrons. The Morgan fingerprint density at radius 2 is 1.78 bits per heavy atom. The Labute approximate surface area is 133 Å². The van der Waals surface area contributed by atoms with Gasteiger partial charge >= 0.3 is 0 Å². The van der Waals surface area contributed by atoms with Crippen molar-refractivity contribution in [1.82, 2.24) is 0 Å². The summed E-state index contributed by atoms with van der Waals surface area (Å²) >= 11 is 0. The van der Waals surface area contributed by atoms with Gasteiger partial charge in [0.15, 0.2) is 0 Å². The molecule has 2 aromatic rings. The Balaban J connectivity index is 1.92. The molecule has 23 heavy (non-hydrogen) atoms. The summed E-state index contributed by atoms with van der Waals surface area (Å²) in [5.41, 5.74) is 3.51. The third-order valence-electron chi connectivity index (χ3n) is 3.75. The molecule has 1 aliphatic rings. The van der Waals surface area contributed by atoms with Crippen LogP contribution in [0.4, 0.5) is 11.4 Å². The van der Waals surface area contributed by atoms with Crippen LogP contribution in [-0.4, -0.2) is 17.6 Å². The lowest BCUT2D eigenvalue weighted by Gasteiger charge is -2.17. The minimum Gasteiger partial charge on any atom is -0.326 e. The molecule has 1 N–H and O–H groups in total. The van der Waals surface area contributed by atoms with Crippen LogP contribution < -0.4 is 10.2 Å². The first-order chi connectivity index (χ1) is 11.0. The molecule has 0 unspecified atom stereocenters. The number of hydrogen-bond acceptors (Lipinski definition) is 3. The topological polar surface area (TPSA) is 66.5 Å². The summed E-state index contributed by atoms with van der Waals surface area (Å²) in [5.74, 6) is -1.31. The number of nitrogens with one attached hydrogen (secondary N) is 1. The molecule has 0 saturated heterocycles. The fourth-order valence-electron chi connectivity index (χ4n) is 2.61. The van der Waals surface area contributed by atoms with Gasteiger partial charge in [0.25, 0.3) is 11.7 Å². The Morgan fingerprint density at radius 1 is 1.09 bits per heavy atom. The quantitative estimate of drug-likeness (QED) is 0.887. The van der Waals surface area contributed by atoms with Gasteiger partial charge in [-0.3, -0.25) is 14.4 Å². The highest BCUT2D eigenvalue weighted by atomic mass is 16.2. The number of carbonyl (C=O) groups excluding carboxylic acids is 3. The first kappa shape index (κ1) is 15.0. The van der Waals surface area contributed by atoms with E-state index in [1.54, 1.807) is 18.2 Å². The van der Waals surface area contributed by atoms with Crippen LogP contribution in [0.25, 0.3) is 0 Å². The molecule has 0 aromatic heterocycles. The van der Waals surface area contributed by atoms with E-state index in [1.165, 1.54) is 11.8 Å². The van der Waals surface area contributed by atoms with Crippen molar-refractivity contribution in [2.75, 3.05) is 10.2 Å². The van der Waals surface area contributed by atoms with Gasteiger partial charge < -0.3 is 10.2 Å². The van der Waals surface area contributed by atoms with E-state index < -0.39 is 11.7 Å². The third-order valence-corrected chi connectivity index (χ3v) is 3.75. The summed E-state index contributed by atoms with van der Waals surface area (Å²) < 4.78 is 0. The van der Waals surface area contributed by atoms with E-state index in [9.17, 15) is 14.4 Å². The van der Waals surface area contributed by atoms with E-state index in [1.807, 2.05) is 31.2 Å². The zero-order valence-corrected chi connectivity index (χ0v) is 12.9. The number of hydrogen-bond donors (Lipinski definition) is 1. The predicted molar refractivity (Wildman–Crippen MR) is 87.4 cm³/mol. The van der Waals surface area contributed by atoms with E-state index >= 15 is 0 Å². The summed E-state index contributed by atoms with van der Waals surface area (Å²) in [4.78, 5) is 37.0. The van der Waals surface area contributed by atoms with Crippen LogP contribution >= 0.6 is 0 Å². The molecular formula is C18H16N2O3. The second-order valence-electron chi connectivity index (χ2n) is 5.62. The minimum atomic E-state index is -0.542. The largest absolute Gasteiger partial charge is 0.326 e. The number of ketones is 1. The van der Waals surface area contributed by atoms with Crippen LogP contribution in [0.1, 0.15) is 28.4 Å². The lowest BCUT2D eigenvalue weighted by atomic mass is 10.1. The second-order valence-corrected chi connectivity index (χ2v) is 5.62. The van der Waals surface area contributed by atoms with Crippen LogP contribution in [0, 0.1) is 6.92 Å². The molecule has 1 heterocycles. The number of carbonyl (C=O) groups is 3. The summed E-state index contributed by atoms with van der Waals surface area (Å²) in [7, 11) is 0. The normalized spacial score (nSPS) is 13.2. The maximum atomic E-state index is 12.3. The average Bonchev–Trinajstić information content (AvgIpc) is 2.74. The second kappa shape index (κ2) is 5.68. The molecule has 0 aliphatic carbocycles. The first-order valence-corrected chi connectivity index (χ1v) is 7.29. The molecule has 0 spiro atoms. The molecule has 0 atom stereocenters. The number of rotatable bonds is 3. The molecule has 0 bridgehead atoms. The molecule has 2 amide bonds. The van der Waals surface area contributed by atoms with Crippen molar-refractivity contribution in [1.29, 1.82) is 0 Å². The SMILES string of the molecule is CC(=O)Nc1ccc2c(c1)C(=O)C(=O)N2Cc1ccc(C)cc1. The van der Waals surface area contributed by atoms with Crippen LogP contribution in [-0.2, 0) is 16.1 Å². The van der Waals surface area contributed by atoms with Gasteiger partial charge in [0, 0.05) is 12.6 Å². The van der Waals surface area contributed by atoms with Gasteiger partial charge in [0.05, 0.1) is 17.8 Å². The summed E-state index contributed by atoms with van der Waals surface area (Å²) in [5, 5.41) is 2.62. The van der Waals surface area contributed by atoms with Crippen molar-refractivity contribution in [3.63, 3.8) is 0 Å². The third kappa shape index (κ3) is 2.85. The first-order valence-electron chi connectivity index (χ1n) is 7.29. The molecule has 0 saturated carbocycles. The number of Topliss-reactive ketones (excluding diaryl/α,β-unsaturated/α-hetero) is 1. The highest BCUT2D eigenvalue weighted by Gasteiger charge is 2.35. The van der Waals surface area contributed by atoms with Gasteiger partial charge in [-0.05, 0) is 30.7 Å². The number of amides is 2.